The minimum Gasteiger partial charge on any atom is -0.289 e. The van der Waals surface area contributed by atoms with Crippen LogP contribution in [0, 0.1) is 24.0 Å². The van der Waals surface area contributed by atoms with Gasteiger partial charge in [0.05, 0.1) is 4.92 Å². The molecule has 4 nitrogen and oxygen atoms in total. The van der Waals surface area contributed by atoms with Crippen molar-refractivity contribution in [2.24, 2.45) is 0 Å². The van der Waals surface area contributed by atoms with Gasteiger partial charge in [0, 0.05) is 22.8 Å². The minimum absolute atomic E-state index is 0.0436. The van der Waals surface area contributed by atoms with E-state index in [2.05, 4.69) is 0 Å². The first-order valence-corrected chi connectivity index (χ1v) is 5.86. The smallest absolute Gasteiger partial charge is 0.272 e. The van der Waals surface area contributed by atoms with E-state index in [-0.39, 0.29) is 11.5 Å². The fourth-order valence-electron chi connectivity index (χ4n) is 1.99. The summed E-state index contributed by atoms with van der Waals surface area (Å²) in [5, 5.41) is 10.8. The summed E-state index contributed by atoms with van der Waals surface area (Å²) in [5.41, 5.74) is 2.25. The van der Waals surface area contributed by atoms with E-state index in [4.69, 9.17) is 0 Å². The number of aryl methyl sites for hydroxylation is 2. The Hall–Kier alpha value is -2.49. The molecule has 4 heteroatoms. The molecule has 0 aliphatic heterocycles. The zero-order valence-electron chi connectivity index (χ0n) is 10.7. The summed E-state index contributed by atoms with van der Waals surface area (Å²) in [4.78, 5) is 22.7. The lowest BCUT2D eigenvalue weighted by Gasteiger charge is -2.07. The Morgan fingerprint density at radius 2 is 1.68 bits per heavy atom. The van der Waals surface area contributed by atoms with E-state index in [1.54, 1.807) is 44.2 Å². The topological polar surface area (TPSA) is 60.2 Å². The molecule has 0 fully saturated rings. The highest BCUT2D eigenvalue weighted by Gasteiger charge is 2.18. The number of nitro benzene ring substituents is 1. The Morgan fingerprint density at radius 3 is 2.26 bits per heavy atom. The van der Waals surface area contributed by atoms with Crippen molar-refractivity contribution in [3.8, 4) is 0 Å². The van der Waals surface area contributed by atoms with Crippen molar-refractivity contribution in [1.82, 2.24) is 0 Å². The van der Waals surface area contributed by atoms with Crippen LogP contribution in [0.5, 0.6) is 0 Å². The third kappa shape index (κ3) is 2.52. The van der Waals surface area contributed by atoms with Gasteiger partial charge in [-0.25, -0.2) is 0 Å². The standard InChI is InChI=1S/C15H13NO3/c1-10-9-14(16(18)19)11(2)8-13(10)15(17)12-6-4-3-5-7-12/h3-9H,1-2H3. The van der Waals surface area contributed by atoms with E-state index in [9.17, 15) is 14.9 Å². The zero-order valence-corrected chi connectivity index (χ0v) is 10.7. The first-order valence-electron chi connectivity index (χ1n) is 5.86. The molecule has 2 aromatic carbocycles. The van der Waals surface area contributed by atoms with E-state index in [0.29, 0.717) is 22.3 Å². The first-order chi connectivity index (χ1) is 9.00. The molecular formula is C15H13NO3. The Morgan fingerprint density at radius 1 is 1.05 bits per heavy atom. The fourth-order valence-corrected chi connectivity index (χ4v) is 1.99. The largest absolute Gasteiger partial charge is 0.289 e. The maximum Gasteiger partial charge on any atom is 0.272 e. The van der Waals surface area contributed by atoms with Crippen molar-refractivity contribution < 1.29 is 9.72 Å². The van der Waals surface area contributed by atoms with Gasteiger partial charge in [-0.05, 0) is 25.5 Å². The SMILES string of the molecule is Cc1cc([N+](=O)[O-])c(C)cc1C(=O)c1ccccc1. The van der Waals surface area contributed by atoms with Gasteiger partial charge in [-0.1, -0.05) is 30.3 Å². The summed E-state index contributed by atoms with van der Waals surface area (Å²) >= 11 is 0. The van der Waals surface area contributed by atoms with Crippen LogP contribution in [-0.4, -0.2) is 10.7 Å². The molecule has 19 heavy (non-hydrogen) atoms. The van der Waals surface area contributed by atoms with Crippen LogP contribution in [0.3, 0.4) is 0 Å². The molecule has 0 radical (unpaired) electrons. The second kappa shape index (κ2) is 5.02. The molecule has 0 saturated carbocycles. The molecule has 2 rings (SSSR count). The second-order valence-electron chi connectivity index (χ2n) is 4.41. The molecule has 96 valence electrons. The lowest BCUT2D eigenvalue weighted by Crippen LogP contribution is -2.05. The molecular weight excluding hydrogens is 242 g/mol. The van der Waals surface area contributed by atoms with Crippen LogP contribution in [0.25, 0.3) is 0 Å². The molecule has 0 aromatic heterocycles. The number of ketones is 1. The van der Waals surface area contributed by atoms with Crippen molar-refractivity contribution in [3.63, 3.8) is 0 Å². The maximum atomic E-state index is 12.3. The van der Waals surface area contributed by atoms with Crippen molar-refractivity contribution in [1.29, 1.82) is 0 Å². The summed E-state index contributed by atoms with van der Waals surface area (Å²) in [6.45, 7) is 3.35. The summed E-state index contributed by atoms with van der Waals surface area (Å²) in [6, 6.07) is 11.9. The lowest BCUT2D eigenvalue weighted by molar-refractivity contribution is -0.385. The predicted octanol–water partition coefficient (Wildman–Crippen LogP) is 3.44. The predicted molar refractivity (Wildman–Crippen MR) is 72.4 cm³/mol. The highest BCUT2D eigenvalue weighted by Crippen LogP contribution is 2.24. The summed E-state index contributed by atoms with van der Waals surface area (Å²) < 4.78 is 0. The number of carbonyl (C=O) groups excluding carboxylic acids is 1. The summed E-state index contributed by atoms with van der Waals surface area (Å²) in [6.07, 6.45) is 0. The fraction of sp³-hybridized carbons (Fsp3) is 0.133. The number of nitrogens with zero attached hydrogens (tertiary/aromatic N) is 1. The van der Waals surface area contributed by atoms with Crippen LogP contribution in [-0.2, 0) is 0 Å². The molecule has 2 aromatic rings. The van der Waals surface area contributed by atoms with E-state index in [0.717, 1.165) is 0 Å². The molecule has 0 heterocycles. The number of nitro groups is 1. The van der Waals surface area contributed by atoms with Gasteiger partial charge < -0.3 is 0 Å². The van der Waals surface area contributed by atoms with E-state index >= 15 is 0 Å². The molecule has 0 aliphatic carbocycles. The van der Waals surface area contributed by atoms with Crippen LogP contribution >= 0.6 is 0 Å². The van der Waals surface area contributed by atoms with Crippen molar-refractivity contribution in [3.05, 3.63) is 74.8 Å². The normalized spacial score (nSPS) is 10.2. The highest BCUT2D eigenvalue weighted by molar-refractivity contribution is 6.10. The van der Waals surface area contributed by atoms with Gasteiger partial charge in [-0.2, -0.15) is 0 Å². The van der Waals surface area contributed by atoms with Gasteiger partial charge in [0.1, 0.15) is 0 Å². The Bertz CT molecular complexity index is 648. The molecule has 0 unspecified atom stereocenters. The summed E-state index contributed by atoms with van der Waals surface area (Å²) in [7, 11) is 0. The average Bonchev–Trinajstić information content (AvgIpc) is 2.41. The monoisotopic (exact) mass is 255 g/mol. The molecule has 0 spiro atoms. The van der Waals surface area contributed by atoms with Crippen LogP contribution in [0.1, 0.15) is 27.0 Å². The van der Waals surface area contributed by atoms with Crippen LogP contribution < -0.4 is 0 Å². The van der Waals surface area contributed by atoms with Gasteiger partial charge >= 0.3 is 0 Å². The molecule has 0 saturated heterocycles. The molecule has 0 amide bonds. The number of rotatable bonds is 3. The van der Waals surface area contributed by atoms with Crippen LogP contribution in [0.2, 0.25) is 0 Å². The lowest BCUT2D eigenvalue weighted by atomic mass is 9.96. The first kappa shape index (κ1) is 13.0. The second-order valence-corrected chi connectivity index (χ2v) is 4.41. The molecule has 0 bridgehead atoms. The quantitative estimate of drug-likeness (QED) is 0.479. The molecule has 0 atom stereocenters. The molecule has 0 N–H and O–H groups in total. The third-order valence-electron chi connectivity index (χ3n) is 3.02. The van der Waals surface area contributed by atoms with Gasteiger partial charge in [0.15, 0.2) is 5.78 Å². The zero-order chi connectivity index (χ0) is 14.0. The average molecular weight is 255 g/mol. The van der Waals surface area contributed by atoms with Gasteiger partial charge in [-0.15, -0.1) is 0 Å². The van der Waals surface area contributed by atoms with E-state index in [1.807, 2.05) is 6.07 Å². The van der Waals surface area contributed by atoms with Gasteiger partial charge in [-0.3, -0.25) is 14.9 Å². The maximum absolute atomic E-state index is 12.3. The van der Waals surface area contributed by atoms with Crippen LogP contribution in [0.4, 0.5) is 5.69 Å². The Kier molecular flexibility index (Phi) is 3.42. The number of hydrogen-bond acceptors (Lipinski definition) is 3. The van der Waals surface area contributed by atoms with Crippen LogP contribution in [0.15, 0.2) is 42.5 Å². The van der Waals surface area contributed by atoms with Crippen molar-refractivity contribution in [2.75, 3.05) is 0 Å². The van der Waals surface area contributed by atoms with E-state index in [1.165, 1.54) is 6.07 Å². The Labute approximate surface area is 110 Å². The minimum atomic E-state index is -0.431. The van der Waals surface area contributed by atoms with Crippen molar-refractivity contribution >= 4 is 11.5 Å². The third-order valence-corrected chi connectivity index (χ3v) is 3.02. The number of benzene rings is 2. The summed E-state index contributed by atoms with van der Waals surface area (Å²) in [5.74, 6) is -0.115. The highest BCUT2D eigenvalue weighted by atomic mass is 16.6. The number of carbonyl (C=O) groups is 1. The van der Waals surface area contributed by atoms with Gasteiger partial charge in [0.25, 0.3) is 5.69 Å². The molecule has 0 aliphatic rings. The van der Waals surface area contributed by atoms with Crippen molar-refractivity contribution in [2.45, 2.75) is 13.8 Å². The number of hydrogen-bond donors (Lipinski definition) is 0. The Balaban J connectivity index is 2.50. The van der Waals surface area contributed by atoms with Gasteiger partial charge in [0.2, 0.25) is 0 Å². The van der Waals surface area contributed by atoms with E-state index < -0.39 is 4.92 Å².